The van der Waals surface area contributed by atoms with Crippen molar-refractivity contribution in [1.29, 1.82) is 0 Å². The van der Waals surface area contributed by atoms with Gasteiger partial charge in [-0.25, -0.2) is 0 Å². The van der Waals surface area contributed by atoms with Crippen LogP contribution < -0.4 is 0 Å². The Morgan fingerprint density at radius 1 is 1.12 bits per heavy atom. The first-order valence-corrected chi connectivity index (χ1v) is 8.89. The smallest absolute Gasteiger partial charge is 0.285 e. The standard InChI is InChI=1S/C18H23N3O5/c1-13-3-2-4-15(16(13)21(24)25)18(23)19-7-5-14(6-8-19)17(22)20-9-11-26-12-10-20/h2-4,14H,5-12H2,1H3. The lowest BCUT2D eigenvalue weighted by Gasteiger charge is -2.35. The van der Waals surface area contributed by atoms with Gasteiger partial charge in [0.15, 0.2) is 0 Å². The summed E-state index contributed by atoms with van der Waals surface area (Å²) < 4.78 is 5.27. The zero-order chi connectivity index (χ0) is 18.7. The lowest BCUT2D eigenvalue weighted by Crippen LogP contribution is -2.47. The van der Waals surface area contributed by atoms with Crippen molar-refractivity contribution >= 4 is 17.5 Å². The number of amides is 2. The molecule has 2 saturated heterocycles. The van der Waals surface area contributed by atoms with E-state index in [2.05, 4.69) is 0 Å². The van der Waals surface area contributed by atoms with Crippen LogP contribution in [0.3, 0.4) is 0 Å². The fourth-order valence-corrected chi connectivity index (χ4v) is 3.62. The molecule has 2 aliphatic heterocycles. The largest absolute Gasteiger partial charge is 0.378 e. The normalized spacial score (nSPS) is 18.7. The summed E-state index contributed by atoms with van der Waals surface area (Å²) in [6.07, 6.45) is 1.17. The molecule has 2 fully saturated rings. The number of piperidine rings is 1. The van der Waals surface area contributed by atoms with Crippen LogP contribution in [0, 0.1) is 23.0 Å². The molecule has 2 amide bonds. The predicted molar refractivity (Wildman–Crippen MR) is 93.9 cm³/mol. The molecule has 0 spiro atoms. The Morgan fingerprint density at radius 3 is 2.38 bits per heavy atom. The number of carbonyl (C=O) groups is 2. The predicted octanol–water partition coefficient (Wildman–Crippen LogP) is 1.61. The van der Waals surface area contributed by atoms with Crippen LogP contribution >= 0.6 is 0 Å². The van der Waals surface area contributed by atoms with E-state index in [1.54, 1.807) is 24.0 Å². The fraction of sp³-hybridized carbons (Fsp3) is 0.556. The molecule has 140 valence electrons. The highest BCUT2D eigenvalue weighted by molar-refractivity contribution is 5.98. The lowest BCUT2D eigenvalue weighted by atomic mass is 9.94. The Kier molecular flexibility index (Phi) is 5.51. The van der Waals surface area contributed by atoms with Gasteiger partial charge in [0.25, 0.3) is 11.6 Å². The quantitative estimate of drug-likeness (QED) is 0.602. The molecule has 0 aliphatic carbocycles. The Labute approximate surface area is 151 Å². The number of para-hydroxylation sites is 1. The first kappa shape index (κ1) is 18.3. The molecule has 0 bridgehead atoms. The number of hydrogen-bond donors (Lipinski definition) is 0. The third-order valence-electron chi connectivity index (χ3n) is 5.10. The van der Waals surface area contributed by atoms with E-state index in [4.69, 9.17) is 4.74 Å². The Bertz CT molecular complexity index is 707. The number of carbonyl (C=O) groups excluding carboxylic acids is 2. The molecule has 0 aromatic heterocycles. The van der Waals surface area contributed by atoms with Crippen molar-refractivity contribution in [2.45, 2.75) is 19.8 Å². The number of morpholine rings is 1. The maximum atomic E-state index is 12.8. The summed E-state index contributed by atoms with van der Waals surface area (Å²) in [4.78, 5) is 39.6. The van der Waals surface area contributed by atoms with Crippen molar-refractivity contribution in [3.63, 3.8) is 0 Å². The molecule has 2 aliphatic rings. The number of rotatable bonds is 3. The summed E-state index contributed by atoms with van der Waals surface area (Å²) in [5.41, 5.74) is 0.454. The van der Waals surface area contributed by atoms with Crippen molar-refractivity contribution in [2.75, 3.05) is 39.4 Å². The van der Waals surface area contributed by atoms with E-state index in [-0.39, 0.29) is 29.0 Å². The molecule has 1 aromatic carbocycles. The molecule has 0 radical (unpaired) electrons. The van der Waals surface area contributed by atoms with Crippen LogP contribution in [0.5, 0.6) is 0 Å². The number of ether oxygens (including phenoxy) is 1. The van der Waals surface area contributed by atoms with Gasteiger partial charge in [-0.2, -0.15) is 0 Å². The van der Waals surface area contributed by atoms with Gasteiger partial charge in [-0.15, -0.1) is 0 Å². The first-order chi connectivity index (χ1) is 12.5. The Morgan fingerprint density at radius 2 is 1.77 bits per heavy atom. The van der Waals surface area contributed by atoms with Crippen molar-refractivity contribution in [3.05, 3.63) is 39.4 Å². The average Bonchev–Trinajstić information content (AvgIpc) is 2.67. The van der Waals surface area contributed by atoms with Gasteiger partial charge >= 0.3 is 0 Å². The van der Waals surface area contributed by atoms with Gasteiger partial charge in [-0.05, 0) is 25.8 Å². The SMILES string of the molecule is Cc1cccc(C(=O)N2CCC(C(=O)N3CCOCC3)CC2)c1[N+](=O)[O-]. The second-order valence-corrected chi connectivity index (χ2v) is 6.73. The summed E-state index contributed by atoms with van der Waals surface area (Å²) in [6, 6.07) is 4.78. The van der Waals surface area contributed by atoms with E-state index < -0.39 is 4.92 Å². The average molecular weight is 361 g/mol. The van der Waals surface area contributed by atoms with Crippen LogP contribution in [-0.2, 0) is 9.53 Å². The molecule has 8 nitrogen and oxygen atoms in total. The minimum Gasteiger partial charge on any atom is -0.378 e. The lowest BCUT2D eigenvalue weighted by molar-refractivity contribution is -0.385. The number of likely N-dealkylation sites (tertiary alicyclic amines) is 1. The molecular formula is C18H23N3O5. The second-order valence-electron chi connectivity index (χ2n) is 6.73. The third-order valence-corrected chi connectivity index (χ3v) is 5.10. The van der Waals surface area contributed by atoms with E-state index in [0.29, 0.717) is 57.8 Å². The van der Waals surface area contributed by atoms with Crippen LogP contribution in [0.2, 0.25) is 0 Å². The van der Waals surface area contributed by atoms with Gasteiger partial charge in [0.2, 0.25) is 5.91 Å². The molecule has 0 atom stereocenters. The number of aryl methyl sites for hydroxylation is 1. The summed E-state index contributed by atoms with van der Waals surface area (Å²) in [5, 5.41) is 11.3. The zero-order valence-corrected chi connectivity index (χ0v) is 14.8. The minimum absolute atomic E-state index is 0.0929. The van der Waals surface area contributed by atoms with Crippen molar-refractivity contribution in [2.24, 2.45) is 5.92 Å². The number of nitrogens with zero attached hydrogens (tertiary/aromatic N) is 3. The van der Waals surface area contributed by atoms with Gasteiger partial charge in [0, 0.05) is 37.7 Å². The van der Waals surface area contributed by atoms with E-state index >= 15 is 0 Å². The van der Waals surface area contributed by atoms with E-state index in [0.717, 1.165) is 0 Å². The maximum absolute atomic E-state index is 12.8. The number of hydrogen-bond acceptors (Lipinski definition) is 5. The molecule has 0 N–H and O–H groups in total. The molecule has 8 heteroatoms. The number of benzene rings is 1. The molecule has 2 heterocycles. The topological polar surface area (TPSA) is 93.0 Å². The van der Waals surface area contributed by atoms with Crippen LogP contribution in [-0.4, -0.2) is 65.9 Å². The zero-order valence-electron chi connectivity index (χ0n) is 14.8. The van der Waals surface area contributed by atoms with E-state index in [9.17, 15) is 19.7 Å². The van der Waals surface area contributed by atoms with Gasteiger partial charge in [-0.1, -0.05) is 12.1 Å². The van der Waals surface area contributed by atoms with Gasteiger partial charge in [-0.3, -0.25) is 19.7 Å². The molecule has 26 heavy (non-hydrogen) atoms. The highest BCUT2D eigenvalue weighted by Crippen LogP contribution is 2.27. The first-order valence-electron chi connectivity index (χ1n) is 8.89. The Balaban J connectivity index is 1.65. The van der Waals surface area contributed by atoms with Crippen molar-refractivity contribution < 1.29 is 19.2 Å². The van der Waals surface area contributed by atoms with Gasteiger partial charge in [0.1, 0.15) is 5.56 Å². The number of nitro benzene ring substituents is 1. The summed E-state index contributed by atoms with van der Waals surface area (Å²) in [5.74, 6) is -0.302. The van der Waals surface area contributed by atoms with E-state index in [1.165, 1.54) is 6.07 Å². The van der Waals surface area contributed by atoms with E-state index in [1.807, 2.05) is 4.90 Å². The van der Waals surface area contributed by atoms with Crippen LogP contribution in [0.4, 0.5) is 5.69 Å². The highest BCUT2D eigenvalue weighted by Gasteiger charge is 2.33. The maximum Gasteiger partial charge on any atom is 0.285 e. The summed E-state index contributed by atoms with van der Waals surface area (Å²) >= 11 is 0. The van der Waals surface area contributed by atoms with Crippen LogP contribution in [0.15, 0.2) is 18.2 Å². The molecular weight excluding hydrogens is 338 g/mol. The fourth-order valence-electron chi connectivity index (χ4n) is 3.62. The summed E-state index contributed by atoms with van der Waals surface area (Å²) in [6.45, 7) is 4.87. The van der Waals surface area contributed by atoms with Crippen molar-refractivity contribution in [3.8, 4) is 0 Å². The van der Waals surface area contributed by atoms with Gasteiger partial charge < -0.3 is 14.5 Å². The number of nitro groups is 1. The van der Waals surface area contributed by atoms with Crippen molar-refractivity contribution in [1.82, 2.24) is 9.80 Å². The monoisotopic (exact) mass is 361 g/mol. The third kappa shape index (κ3) is 3.70. The van der Waals surface area contributed by atoms with Crippen LogP contribution in [0.25, 0.3) is 0 Å². The molecule has 0 unspecified atom stereocenters. The summed E-state index contributed by atoms with van der Waals surface area (Å²) in [7, 11) is 0. The highest BCUT2D eigenvalue weighted by atomic mass is 16.6. The van der Waals surface area contributed by atoms with Crippen LogP contribution in [0.1, 0.15) is 28.8 Å². The van der Waals surface area contributed by atoms with Gasteiger partial charge in [0.05, 0.1) is 18.1 Å². The molecule has 1 aromatic rings. The second kappa shape index (κ2) is 7.82. The Hall–Kier alpha value is -2.48. The molecule has 3 rings (SSSR count). The molecule has 0 saturated carbocycles. The minimum atomic E-state index is -0.503.